The molecule has 1 aromatic heterocycles. The van der Waals surface area contributed by atoms with E-state index in [2.05, 4.69) is 15.5 Å². The fraction of sp³-hybridized carbons (Fsp3) is 0.615. The van der Waals surface area contributed by atoms with Crippen LogP contribution in [0.5, 0.6) is 0 Å². The monoisotopic (exact) mass is 264 g/mol. The number of H-pyrrole nitrogens is 1. The molecule has 1 aliphatic rings. The molecule has 2 amide bonds. The van der Waals surface area contributed by atoms with Gasteiger partial charge in [-0.15, -0.1) is 0 Å². The lowest BCUT2D eigenvalue weighted by Gasteiger charge is -2.33. The van der Waals surface area contributed by atoms with Crippen molar-refractivity contribution in [2.24, 2.45) is 11.8 Å². The van der Waals surface area contributed by atoms with Crippen LogP contribution in [0.4, 0.5) is 5.69 Å². The molecule has 2 heterocycles. The number of aromatic nitrogens is 2. The lowest BCUT2D eigenvalue weighted by molar-refractivity contribution is -0.137. The van der Waals surface area contributed by atoms with Crippen LogP contribution in [-0.4, -0.2) is 40.0 Å². The van der Waals surface area contributed by atoms with Gasteiger partial charge < -0.3 is 10.2 Å². The molecule has 1 aliphatic heterocycles. The molecular weight excluding hydrogens is 244 g/mol. The van der Waals surface area contributed by atoms with E-state index in [1.807, 2.05) is 13.8 Å². The number of carbonyl (C=O) groups is 2. The van der Waals surface area contributed by atoms with Crippen molar-refractivity contribution in [1.82, 2.24) is 15.1 Å². The molecule has 2 rings (SSSR count). The predicted molar refractivity (Wildman–Crippen MR) is 71.4 cm³/mol. The zero-order chi connectivity index (χ0) is 13.8. The zero-order valence-corrected chi connectivity index (χ0v) is 11.3. The van der Waals surface area contributed by atoms with Crippen LogP contribution in [0.15, 0.2) is 12.4 Å². The third-order valence-corrected chi connectivity index (χ3v) is 3.36. The van der Waals surface area contributed by atoms with Crippen LogP contribution in [0.2, 0.25) is 0 Å². The molecule has 0 saturated carbocycles. The maximum absolute atomic E-state index is 12.1. The number of rotatable bonds is 3. The number of nitrogens with one attached hydrogen (secondary N) is 2. The highest BCUT2D eigenvalue weighted by atomic mass is 16.2. The van der Waals surface area contributed by atoms with Gasteiger partial charge in [-0.05, 0) is 12.8 Å². The number of aromatic amines is 1. The van der Waals surface area contributed by atoms with Crippen LogP contribution >= 0.6 is 0 Å². The largest absolute Gasteiger partial charge is 0.342 e. The van der Waals surface area contributed by atoms with E-state index >= 15 is 0 Å². The molecule has 104 valence electrons. The zero-order valence-electron chi connectivity index (χ0n) is 11.3. The maximum Gasteiger partial charge on any atom is 0.229 e. The van der Waals surface area contributed by atoms with E-state index in [9.17, 15) is 9.59 Å². The van der Waals surface area contributed by atoms with E-state index in [1.165, 1.54) is 0 Å². The summed E-state index contributed by atoms with van der Waals surface area (Å²) in [6.45, 7) is 5.04. The van der Waals surface area contributed by atoms with E-state index in [4.69, 9.17) is 0 Å². The molecule has 2 N–H and O–H groups in total. The van der Waals surface area contributed by atoms with E-state index in [-0.39, 0.29) is 23.7 Å². The molecule has 1 atom stereocenters. The Morgan fingerprint density at radius 3 is 2.95 bits per heavy atom. The smallest absolute Gasteiger partial charge is 0.229 e. The molecule has 0 spiro atoms. The fourth-order valence-electron chi connectivity index (χ4n) is 2.32. The molecular formula is C13H20N4O2. The van der Waals surface area contributed by atoms with E-state index in [1.54, 1.807) is 17.3 Å². The van der Waals surface area contributed by atoms with Gasteiger partial charge in [0.25, 0.3) is 0 Å². The minimum atomic E-state index is -0.133. The van der Waals surface area contributed by atoms with Gasteiger partial charge in [-0.2, -0.15) is 5.10 Å². The molecule has 0 aromatic carbocycles. The van der Waals surface area contributed by atoms with Crippen molar-refractivity contribution in [1.29, 1.82) is 0 Å². The number of carbonyl (C=O) groups excluding carboxylic acids is 2. The van der Waals surface area contributed by atoms with Crippen molar-refractivity contribution in [3.05, 3.63) is 12.4 Å². The Labute approximate surface area is 112 Å². The van der Waals surface area contributed by atoms with Gasteiger partial charge in [0.2, 0.25) is 11.8 Å². The summed E-state index contributed by atoms with van der Waals surface area (Å²) in [6, 6.07) is 0. The lowest BCUT2D eigenvalue weighted by atomic mass is 9.96. The fourth-order valence-corrected chi connectivity index (χ4v) is 2.32. The molecule has 6 nitrogen and oxygen atoms in total. The normalized spacial score (nSPS) is 19.5. The van der Waals surface area contributed by atoms with Crippen LogP contribution in [0, 0.1) is 11.8 Å². The Balaban J connectivity index is 1.93. The van der Waals surface area contributed by atoms with Gasteiger partial charge in [0, 0.05) is 25.2 Å². The average molecular weight is 264 g/mol. The van der Waals surface area contributed by atoms with Gasteiger partial charge in [-0.25, -0.2) is 0 Å². The summed E-state index contributed by atoms with van der Waals surface area (Å²) in [4.78, 5) is 25.9. The first-order valence-electron chi connectivity index (χ1n) is 6.66. The van der Waals surface area contributed by atoms with Gasteiger partial charge in [0.15, 0.2) is 0 Å². The Hall–Kier alpha value is -1.85. The van der Waals surface area contributed by atoms with Crippen LogP contribution in [0.3, 0.4) is 0 Å². The second-order valence-electron chi connectivity index (χ2n) is 5.25. The third kappa shape index (κ3) is 3.33. The standard InChI is InChI=1S/C13H20N4O2/c1-9(2)13(19)17-5-3-4-10(8-17)12(18)16-11-6-14-15-7-11/h6-7,9-10H,3-5,8H2,1-2H3,(H,14,15)(H,16,18). The van der Waals surface area contributed by atoms with Crippen molar-refractivity contribution in [2.45, 2.75) is 26.7 Å². The highest BCUT2D eigenvalue weighted by molar-refractivity contribution is 5.93. The summed E-state index contributed by atoms with van der Waals surface area (Å²) >= 11 is 0. The van der Waals surface area contributed by atoms with Crippen molar-refractivity contribution >= 4 is 17.5 Å². The summed E-state index contributed by atoms with van der Waals surface area (Å²) in [5.74, 6) is -0.0643. The van der Waals surface area contributed by atoms with Crippen molar-refractivity contribution in [2.75, 3.05) is 18.4 Å². The molecule has 0 bridgehead atoms. The minimum Gasteiger partial charge on any atom is -0.342 e. The Morgan fingerprint density at radius 2 is 2.32 bits per heavy atom. The Morgan fingerprint density at radius 1 is 1.53 bits per heavy atom. The van der Waals surface area contributed by atoms with E-state index in [0.29, 0.717) is 12.2 Å². The molecule has 1 aromatic rings. The van der Waals surface area contributed by atoms with Gasteiger partial charge in [-0.1, -0.05) is 13.8 Å². The summed E-state index contributed by atoms with van der Waals surface area (Å²) in [6.07, 6.45) is 4.91. The van der Waals surface area contributed by atoms with Gasteiger partial charge >= 0.3 is 0 Å². The van der Waals surface area contributed by atoms with Crippen LogP contribution in [0.25, 0.3) is 0 Å². The van der Waals surface area contributed by atoms with Crippen molar-refractivity contribution in [3.63, 3.8) is 0 Å². The summed E-state index contributed by atoms with van der Waals surface area (Å²) in [5.41, 5.74) is 0.664. The number of anilines is 1. The molecule has 1 saturated heterocycles. The highest BCUT2D eigenvalue weighted by Gasteiger charge is 2.29. The first-order chi connectivity index (χ1) is 9.08. The van der Waals surface area contributed by atoms with Gasteiger partial charge in [0.1, 0.15) is 0 Å². The number of nitrogens with zero attached hydrogens (tertiary/aromatic N) is 2. The quantitative estimate of drug-likeness (QED) is 0.862. The average Bonchev–Trinajstić information content (AvgIpc) is 2.90. The predicted octanol–water partition coefficient (Wildman–Crippen LogP) is 1.24. The molecule has 0 radical (unpaired) electrons. The number of likely N-dealkylation sites (tertiary alicyclic amines) is 1. The molecule has 1 fully saturated rings. The maximum atomic E-state index is 12.1. The Kier molecular flexibility index (Phi) is 4.19. The molecule has 0 aliphatic carbocycles. The van der Waals surface area contributed by atoms with Crippen molar-refractivity contribution in [3.8, 4) is 0 Å². The van der Waals surface area contributed by atoms with E-state index < -0.39 is 0 Å². The summed E-state index contributed by atoms with van der Waals surface area (Å²) in [5, 5.41) is 9.24. The first-order valence-corrected chi connectivity index (χ1v) is 6.66. The number of hydrogen-bond acceptors (Lipinski definition) is 3. The molecule has 6 heteroatoms. The minimum absolute atomic E-state index is 0.0179. The number of amides is 2. The van der Waals surface area contributed by atoms with E-state index in [0.717, 1.165) is 19.4 Å². The summed E-state index contributed by atoms with van der Waals surface area (Å²) < 4.78 is 0. The molecule has 1 unspecified atom stereocenters. The lowest BCUT2D eigenvalue weighted by Crippen LogP contribution is -2.45. The van der Waals surface area contributed by atoms with Gasteiger partial charge in [-0.3, -0.25) is 14.7 Å². The number of hydrogen-bond donors (Lipinski definition) is 2. The van der Waals surface area contributed by atoms with Crippen LogP contribution in [0.1, 0.15) is 26.7 Å². The highest BCUT2D eigenvalue weighted by Crippen LogP contribution is 2.20. The topological polar surface area (TPSA) is 78.1 Å². The Bertz CT molecular complexity index is 442. The van der Waals surface area contributed by atoms with Gasteiger partial charge in [0.05, 0.1) is 17.8 Å². The SMILES string of the molecule is CC(C)C(=O)N1CCCC(C(=O)Nc2cn[nH]c2)C1. The van der Waals surface area contributed by atoms with Crippen LogP contribution in [-0.2, 0) is 9.59 Å². The summed E-state index contributed by atoms with van der Waals surface area (Å²) in [7, 11) is 0. The molecule has 19 heavy (non-hydrogen) atoms. The van der Waals surface area contributed by atoms with Crippen molar-refractivity contribution < 1.29 is 9.59 Å². The number of piperidine rings is 1. The van der Waals surface area contributed by atoms with Crippen LogP contribution < -0.4 is 5.32 Å². The third-order valence-electron chi connectivity index (χ3n) is 3.36. The second kappa shape index (κ2) is 5.86. The first kappa shape index (κ1) is 13.6. The second-order valence-corrected chi connectivity index (χ2v) is 5.25.